The summed E-state index contributed by atoms with van der Waals surface area (Å²) in [6, 6.07) is 0. The maximum atomic E-state index is 11.8. The first kappa shape index (κ1) is 13.3. The predicted octanol–water partition coefficient (Wildman–Crippen LogP) is 1.66. The first-order valence-electron chi connectivity index (χ1n) is 4.26. The van der Waals surface area contributed by atoms with Gasteiger partial charge in [0.15, 0.2) is 0 Å². The van der Waals surface area contributed by atoms with Gasteiger partial charge in [0.1, 0.15) is 0 Å². The van der Waals surface area contributed by atoms with Crippen LogP contribution in [0.2, 0.25) is 0 Å². The zero-order valence-electron chi connectivity index (χ0n) is 8.57. The topological polar surface area (TPSA) is 64.6 Å². The fourth-order valence-corrected chi connectivity index (χ4v) is 2.09. The van der Waals surface area contributed by atoms with Crippen molar-refractivity contribution in [3.63, 3.8) is 0 Å². The standard InChI is InChI=1S/C8H14NO4P/c1-5-12-14(11,13-6-2)8(4)9-7(3)10/h4H,5-6H2,1-3H3/p+1. The van der Waals surface area contributed by atoms with Gasteiger partial charge in [0.25, 0.3) is 0 Å². The Labute approximate surface area is 84.0 Å². The van der Waals surface area contributed by atoms with Crippen molar-refractivity contribution in [3.05, 3.63) is 12.0 Å². The Kier molecular flexibility index (Phi) is 5.58. The third-order valence-corrected chi connectivity index (χ3v) is 3.10. The molecule has 14 heavy (non-hydrogen) atoms. The van der Waals surface area contributed by atoms with Gasteiger partial charge in [-0.3, -0.25) is 10.1 Å². The molecule has 1 N–H and O–H groups in total. The van der Waals surface area contributed by atoms with Gasteiger partial charge < -0.3 is 9.05 Å². The van der Waals surface area contributed by atoms with Gasteiger partial charge in [-0.25, -0.2) is 4.57 Å². The van der Waals surface area contributed by atoms with E-state index in [9.17, 15) is 9.36 Å². The zero-order valence-corrected chi connectivity index (χ0v) is 9.47. The molecule has 6 heteroatoms. The molecule has 0 rings (SSSR count). The van der Waals surface area contributed by atoms with Crippen molar-refractivity contribution in [2.24, 2.45) is 0 Å². The highest BCUT2D eigenvalue weighted by Crippen LogP contribution is 2.53. The highest BCUT2D eigenvalue weighted by molar-refractivity contribution is 7.58. The van der Waals surface area contributed by atoms with Crippen LogP contribution in [0.3, 0.4) is 0 Å². The minimum Gasteiger partial charge on any atom is -0.301 e. The van der Waals surface area contributed by atoms with E-state index in [1.165, 1.54) is 6.92 Å². The Morgan fingerprint density at radius 3 is 2.07 bits per heavy atom. The minimum atomic E-state index is -3.50. The van der Waals surface area contributed by atoms with Crippen LogP contribution < -0.4 is 5.32 Å². The van der Waals surface area contributed by atoms with E-state index >= 15 is 0 Å². The van der Waals surface area contributed by atoms with Gasteiger partial charge in [-0.15, -0.1) is 0 Å². The Balaban J connectivity index is 4.55. The van der Waals surface area contributed by atoms with Crippen molar-refractivity contribution in [1.29, 1.82) is 0 Å². The van der Waals surface area contributed by atoms with E-state index in [2.05, 4.69) is 5.32 Å². The van der Waals surface area contributed by atoms with Crippen molar-refractivity contribution in [2.45, 2.75) is 20.8 Å². The molecule has 1 amide bonds. The maximum absolute atomic E-state index is 11.8. The lowest BCUT2D eigenvalue weighted by atomic mass is 10.7. The van der Waals surface area contributed by atoms with Gasteiger partial charge in [0, 0.05) is 6.92 Å². The fraction of sp³-hybridized carbons (Fsp3) is 0.625. The molecule has 0 aromatic rings. The molecule has 0 aliphatic heterocycles. The fourth-order valence-electron chi connectivity index (χ4n) is 0.765. The number of rotatable bonds is 6. The third kappa shape index (κ3) is 3.99. The monoisotopic (exact) mass is 220 g/mol. The third-order valence-electron chi connectivity index (χ3n) is 1.20. The normalized spacial score (nSPS) is 11.0. The molecule has 0 aromatic heterocycles. The van der Waals surface area contributed by atoms with Crippen LogP contribution in [0.25, 0.3) is 0 Å². The summed E-state index contributed by atoms with van der Waals surface area (Å²) in [5, 5.41) is 2.20. The van der Waals surface area contributed by atoms with E-state index in [1.807, 2.05) is 0 Å². The molecule has 0 saturated carbocycles. The molecule has 0 heterocycles. The highest BCUT2D eigenvalue weighted by atomic mass is 31.2. The Morgan fingerprint density at radius 1 is 1.36 bits per heavy atom. The molecule has 0 saturated heterocycles. The van der Waals surface area contributed by atoms with Crippen LogP contribution >= 0.6 is 7.60 Å². The number of hydrogen-bond acceptors (Lipinski definition) is 4. The van der Waals surface area contributed by atoms with E-state index in [-0.39, 0.29) is 18.7 Å². The van der Waals surface area contributed by atoms with Crippen molar-refractivity contribution in [1.82, 2.24) is 5.32 Å². The molecule has 0 aromatic carbocycles. The molecule has 0 bridgehead atoms. The summed E-state index contributed by atoms with van der Waals surface area (Å²) in [5.41, 5.74) is -0.270. The minimum absolute atomic E-state index is 0.192. The number of nitrogens with one attached hydrogen (secondary N) is 1. The lowest BCUT2D eigenvalue weighted by Gasteiger charge is -2.13. The number of carbonyl (C=O) groups is 1. The van der Waals surface area contributed by atoms with Crippen LogP contribution in [0.1, 0.15) is 20.8 Å². The first-order valence-corrected chi connectivity index (χ1v) is 5.80. The average Bonchev–Trinajstić information content (AvgIpc) is 2.03. The van der Waals surface area contributed by atoms with Crippen LogP contribution in [0.15, 0.2) is 5.44 Å². The predicted molar refractivity (Wildman–Crippen MR) is 52.5 cm³/mol. The molecule has 0 aliphatic carbocycles. The summed E-state index contributed by atoms with van der Waals surface area (Å²) < 4.78 is 21.6. The second-order valence-corrected chi connectivity index (χ2v) is 4.39. The van der Waals surface area contributed by atoms with Crippen molar-refractivity contribution in [3.8, 4) is 0 Å². The largest absolute Gasteiger partial charge is 0.431 e. The SMILES string of the molecule is [CH+]=C(NC(C)=O)P(=O)(OCC)OCC. The first-order chi connectivity index (χ1) is 6.46. The lowest BCUT2D eigenvalue weighted by molar-refractivity contribution is -0.118. The lowest BCUT2D eigenvalue weighted by Crippen LogP contribution is -2.20. The van der Waals surface area contributed by atoms with Crippen LogP contribution in [0.4, 0.5) is 0 Å². The van der Waals surface area contributed by atoms with Gasteiger partial charge in [-0.1, -0.05) is 0 Å². The second-order valence-electron chi connectivity index (χ2n) is 2.40. The van der Waals surface area contributed by atoms with Crippen molar-refractivity contribution >= 4 is 13.5 Å². The van der Waals surface area contributed by atoms with E-state index in [0.29, 0.717) is 0 Å². The maximum Gasteiger partial charge on any atom is 0.431 e. The molecule has 0 fully saturated rings. The molecule has 80 valence electrons. The van der Waals surface area contributed by atoms with Gasteiger partial charge in [0.05, 0.1) is 13.2 Å². The summed E-state index contributed by atoms with van der Waals surface area (Å²) in [6.45, 7) is 10.4. The van der Waals surface area contributed by atoms with E-state index in [1.54, 1.807) is 13.8 Å². The van der Waals surface area contributed by atoms with Crippen LogP contribution in [-0.4, -0.2) is 19.1 Å². The molecule has 0 unspecified atom stereocenters. The van der Waals surface area contributed by atoms with Crippen LogP contribution in [0, 0.1) is 6.58 Å². The summed E-state index contributed by atoms with van der Waals surface area (Å²) >= 11 is 0. The Hall–Kier alpha value is -0.730. The highest BCUT2D eigenvalue weighted by Gasteiger charge is 2.37. The second kappa shape index (κ2) is 5.89. The average molecular weight is 220 g/mol. The van der Waals surface area contributed by atoms with Crippen molar-refractivity contribution < 1.29 is 18.4 Å². The van der Waals surface area contributed by atoms with E-state index in [0.717, 1.165) is 0 Å². The number of carbonyl (C=O) groups excluding carboxylic acids is 1. The summed E-state index contributed by atoms with van der Waals surface area (Å²) in [7, 11) is -3.50. The smallest absolute Gasteiger partial charge is 0.301 e. The molecule has 5 nitrogen and oxygen atoms in total. The summed E-state index contributed by atoms with van der Waals surface area (Å²) in [4.78, 5) is 10.7. The molecular weight excluding hydrogens is 205 g/mol. The van der Waals surface area contributed by atoms with Crippen LogP contribution in [-0.2, 0) is 18.4 Å². The van der Waals surface area contributed by atoms with Crippen LogP contribution in [0.5, 0.6) is 0 Å². The Morgan fingerprint density at radius 2 is 1.79 bits per heavy atom. The number of hydrogen-bond donors (Lipinski definition) is 1. The Bertz CT molecular complexity index is 254. The van der Waals surface area contributed by atoms with Crippen molar-refractivity contribution in [2.75, 3.05) is 13.2 Å². The van der Waals surface area contributed by atoms with Gasteiger partial charge in [-0.05, 0) is 13.8 Å². The molecule has 0 spiro atoms. The van der Waals surface area contributed by atoms with Gasteiger partial charge in [0.2, 0.25) is 12.5 Å². The zero-order chi connectivity index (χ0) is 11.2. The summed E-state index contributed by atoms with van der Waals surface area (Å²) in [5.74, 6) is -0.415. The van der Waals surface area contributed by atoms with E-state index in [4.69, 9.17) is 15.6 Å². The quantitative estimate of drug-likeness (QED) is 0.546. The molecule has 0 radical (unpaired) electrons. The summed E-state index contributed by atoms with van der Waals surface area (Å²) in [6.07, 6.45) is 0. The van der Waals surface area contributed by atoms with E-state index < -0.39 is 13.5 Å². The van der Waals surface area contributed by atoms with Gasteiger partial charge in [-0.2, -0.15) is 0 Å². The molecular formula is C8H15NO4P+. The number of amides is 1. The molecule has 0 aliphatic rings. The van der Waals surface area contributed by atoms with Gasteiger partial charge >= 0.3 is 13.0 Å². The molecule has 0 atom stereocenters.